The van der Waals surface area contributed by atoms with E-state index in [-0.39, 0.29) is 11.9 Å². The second kappa shape index (κ2) is 11.0. The van der Waals surface area contributed by atoms with E-state index in [0.29, 0.717) is 28.5 Å². The fourth-order valence-electron chi connectivity index (χ4n) is 3.66. The van der Waals surface area contributed by atoms with Gasteiger partial charge in [0.2, 0.25) is 6.41 Å². The topological polar surface area (TPSA) is 47.9 Å². The molecular weight excluding hydrogens is 423 g/mol. The molecule has 1 aromatic rings. The monoisotopic (exact) mass is 454 g/mol. The van der Waals surface area contributed by atoms with E-state index >= 15 is 0 Å². The van der Waals surface area contributed by atoms with Gasteiger partial charge >= 0.3 is 0 Å². The van der Waals surface area contributed by atoms with Gasteiger partial charge in [-0.25, -0.2) is 9.38 Å². The number of hydrogen-bond donors (Lipinski definition) is 1. The Balaban J connectivity index is 2.52. The summed E-state index contributed by atoms with van der Waals surface area (Å²) in [6, 6.07) is 3.19. The summed E-state index contributed by atoms with van der Waals surface area (Å²) >= 11 is 3.23. The highest BCUT2D eigenvalue weighted by Crippen LogP contribution is 2.28. The number of hydrogen-bond acceptors (Lipinski definition) is 4. The van der Waals surface area contributed by atoms with E-state index in [1.807, 2.05) is 13.8 Å². The number of amides is 1. The fraction of sp³-hybridized carbons (Fsp3) is 0.619. The van der Waals surface area contributed by atoms with Gasteiger partial charge < -0.3 is 10.2 Å². The summed E-state index contributed by atoms with van der Waals surface area (Å²) in [4.78, 5) is 20.7. The van der Waals surface area contributed by atoms with Crippen molar-refractivity contribution in [2.24, 2.45) is 10.9 Å². The lowest BCUT2D eigenvalue weighted by Gasteiger charge is -2.35. The molecule has 28 heavy (non-hydrogen) atoms. The normalized spacial score (nSPS) is 19.9. The molecule has 1 aliphatic rings. The van der Waals surface area contributed by atoms with Gasteiger partial charge in [0.1, 0.15) is 11.7 Å². The van der Waals surface area contributed by atoms with Gasteiger partial charge in [-0.2, -0.15) is 0 Å². The van der Waals surface area contributed by atoms with E-state index in [4.69, 9.17) is 4.99 Å². The number of aliphatic imine (C=N–C) groups is 1. The van der Waals surface area contributed by atoms with Gasteiger partial charge in [0.05, 0.1) is 16.2 Å². The second-order valence-electron chi connectivity index (χ2n) is 7.52. The minimum atomic E-state index is -0.350. The maximum Gasteiger partial charge on any atom is 0.215 e. The molecule has 7 heteroatoms. The molecule has 0 spiro atoms. The lowest BCUT2D eigenvalue weighted by molar-refractivity contribution is -0.114. The van der Waals surface area contributed by atoms with Crippen molar-refractivity contribution in [2.45, 2.75) is 46.6 Å². The zero-order valence-electron chi connectivity index (χ0n) is 17.3. The number of nitrogens with one attached hydrogen (secondary N) is 1. The van der Waals surface area contributed by atoms with Crippen LogP contribution >= 0.6 is 15.9 Å². The summed E-state index contributed by atoms with van der Waals surface area (Å²) < 4.78 is 14.6. The van der Waals surface area contributed by atoms with Gasteiger partial charge in [0.25, 0.3) is 0 Å². The molecule has 2 atom stereocenters. The van der Waals surface area contributed by atoms with Crippen molar-refractivity contribution in [3.8, 4) is 0 Å². The molecule has 0 radical (unpaired) electrons. The lowest BCUT2D eigenvalue weighted by atomic mass is 10.0. The maximum atomic E-state index is 14.2. The van der Waals surface area contributed by atoms with Gasteiger partial charge in [-0.1, -0.05) is 20.3 Å². The van der Waals surface area contributed by atoms with Crippen LogP contribution in [-0.2, 0) is 4.79 Å². The molecule has 1 amide bonds. The molecule has 0 saturated carbocycles. The van der Waals surface area contributed by atoms with Crippen molar-refractivity contribution in [1.29, 1.82) is 0 Å². The van der Waals surface area contributed by atoms with Crippen LogP contribution in [0.1, 0.15) is 39.2 Å². The Labute approximate surface area is 176 Å². The zero-order chi connectivity index (χ0) is 20.7. The molecule has 2 unspecified atom stereocenters. The van der Waals surface area contributed by atoms with E-state index in [9.17, 15) is 9.18 Å². The number of benzene rings is 1. The lowest BCUT2D eigenvalue weighted by Crippen LogP contribution is -2.50. The first-order valence-corrected chi connectivity index (χ1v) is 10.9. The van der Waals surface area contributed by atoms with Gasteiger partial charge in [-0.05, 0) is 60.3 Å². The number of carbonyl (C=O) groups excluding carboxylic acids is 1. The summed E-state index contributed by atoms with van der Waals surface area (Å²) in [6.07, 6.45) is 2.71. The molecule has 5 nitrogen and oxygen atoms in total. The molecule has 1 aromatic carbocycles. The van der Waals surface area contributed by atoms with E-state index in [2.05, 4.69) is 40.0 Å². The van der Waals surface area contributed by atoms with Crippen molar-refractivity contribution in [2.75, 3.05) is 32.7 Å². The first kappa shape index (κ1) is 23.0. The predicted molar refractivity (Wildman–Crippen MR) is 117 cm³/mol. The van der Waals surface area contributed by atoms with Gasteiger partial charge in [-0.15, -0.1) is 0 Å². The Kier molecular flexibility index (Phi) is 9.05. The van der Waals surface area contributed by atoms with E-state index < -0.39 is 0 Å². The summed E-state index contributed by atoms with van der Waals surface area (Å²) in [7, 11) is 0. The minimum Gasteiger partial charge on any atom is -0.315 e. The van der Waals surface area contributed by atoms with Crippen LogP contribution in [0.5, 0.6) is 0 Å². The highest BCUT2D eigenvalue weighted by molar-refractivity contribution is 9.10. The average molecular weight is 455 g/mol. The Hall–Kier alpha value is -1.31. The Morgan fingerprint density at radius 2 is 2.25 bits per heavy atom. The summed E-state index contributed by atoms with van der Waals surface area (Å²) in [5, 5.41) is 3.47. The summed E-state index contributed by atoms with van der Waals surface area (Å²) in [5.41, 5.74) is 1.44. The molecule has 1 N–H and O–H groups in total. The Morgan fingerprint density at radius 1 is 1.50 bits per heavy atom. The Morgan fingerprint density at radius 3 is 2.89 bits per heavy atom. The van der Waals surface area contributed by atoms with Crippen LogP contribution in [-0.4, -0.2) is 60.8 Å². The number of aryl methyl sites for hydroxylation is 1. The number of halogens is 2. The van der Waals surface area contributed by atoms with Gasteiger partial charge in [0.15, 0.2) is 0 Å². The summed E-state index contributed by atoms with van der Waals surface area (Å²) in [5.74, 6) is 0.872. The van der Waals surface area contributed by atoms with Crippen LogP contribution < -0.4 is 5.32 Å². The quantitative estimate of drug-likeness (QED) is 0.383. The van der Waals surface area contributed by atoms with Crippen molar-refractivity contribution in [3.05, 3.63) is 28.0 Å². The predicted octanol–water partition coefficient (Wildman–Crippen LogP) is 4.11. The molecule has 1 saturated heterocycles. The number of nitrogens with zero attached hydrogens (tertiary/aromatic N) is 3. The van der Waals surface area contributed by atoms with Crippen LogP contribution in [0.25, 0.3) is 0 Å². The van der Waals surface area contributed by atoms with Crippen molar-refractivity contribution in [1.82, 2.24) is 15.1 Å². The summed E-state index contributed by atoms with van der Waals surface area (Å²) in [6.45, 7) is 12.5. The minimum absolute atomic E-state index is 0.0172. The Bertz CT molecular complexity index is 697. The second-order valence-corrected chi connectivity index (χ2v) is 8.38. The molecule has 1 aliphatic heterocycles. The SMILES string of the molecule is CCCC(C(=Nc1cc(F)c(Br)cc1C)N(C=O)CC)N1CCNCC(C)C1. The molecule has 0 bridgehead atoms. The molecular formula is C21H32BrFN4O. The highest BCUT2D eigenvalue weighted by atomic mass is 79.9. The molecule has 0 aliphatic carbocycles. The number of amidine groups is 1. The molecule has 156 valence electrons. The molecule has 2 rings (SSSR count). The molecule has 1 heterocycles. The number of carbonyl (C=O) groups is 1. The van der Waals surface area contributed by atoms with Crippen molar-refractivity contribution >= 4 is 33.9 Å². The first-order valence-electron chi connectivity index (χ1n) is 10.1. The van der Waals surface area contributed by atoms with Gasteiger partial charge in [0, 0.05) is 32.2 Å². The third-order valence-corrected chi connectivity index (χ3v) is 5.76. The first-order chi connectivity index (χ1) is 13.4. The van der Waals surface area contributed by atoms with Crippen LogP contribution in [0.3, 0.4) is 0 Å². The highest BCUT2D eigenvalue weighted by Gasteiger charge is 2.29. The van der Waals surface area contributed by atoms with Crippen LogP contribution in [0.2, 0.25) is 0 Å². The third kappa shape index (κ3) is 5.84. The third-order valence-electron chi connectivity index (χ3n) is 5.15. The van der Waals surface area contributed by atoms with Crippen molar-refractivity contribution in [3.63, 3.8) is 0 Å². The molecule has 1 fully saturated rings. The van der Waals surface area contributed by atoms with Crippen LogP contribution in [0.15, 0.2) is 21.6 Å². The molecule has 0 aromatic heterocycles. The van der Waals surface area contributed by atoms with E-state index in [0.717, 1.165) is 51.0 Å². The smallest absolute Gasteiger partial charge is 0.215 e. The average Bonchev–Trinajstić information content (AvgIpc) is 2.88. The standard InChI is InChI=1S/C21H32BrFN4O/c1-5-7-20(27-9-8-24-12-15(3)13-27)21(26(6-2)14-28)25-19-11-18(23)17(22)10-16(19)4/h10-11,14-15,20,24H,5-9,12-13H2,1-4H3. The fourth-order valence-corrected chi connectivity index (χ4v) is 4.12. The maximum absolute atomic E-state index is 14.2. The largest absolute Gasteiger partial charge is 0.315 e. The van der Waals surface area contributed by atoms with Crippen LogP contribution in [0, 0.1) is 18.7 Å². The van der Waals surface area contributed by atoms with E-state index in [1.165, 1.54) is 6.07 Å². The van der Waals surface area contributed by atoms with E-state index in [1.54, 1.807) is 11.0 Å². The number of likely N-dealkylation sites (N-methyl/N-ethyl adjacent to an activating group) is 1. The zero-order valence-corrected chi connectivity index (χ0v) is 18.9. The van der Waals surface area contributed by atoms with Gasteiger partial charge in [-0.3, -0.25) is 9.69 Å². The number of rotatable bonds is 7. The van der Waals surface area contributed by atoms with Crippen LogP contribution in [0.4, 0.5) is 10.1 Å². The van der Waals surface area contributed by atoms with Crippen molar-refractivity contribution < 1.29 is 9.18 Å².